The number of aryl methyl sites for hydroxylation is 1. The summed E-state index contributed by atoms with van der Waals surface area (Å²) in [5, 5.41) is 2.50. The Hall–Kier alpha value is -2.23. The number of ether oxygens (including phenoxy) is 2. The van der Waals surface area contributed by atoms with Crippen LogP contribution in [0.3, 0.4) is 0 Å². The molecular weight excluding hydrogens is 370 g/mol. The van der Waals surface area contributed by atoms with Crippen LogP contribution in [0.4, 0.5) is 0 Å². The van der Waals surface area contributed by atoms with Gasteiger partial charge in [-0.1, -0.05) is 49.7 Å². The van der Waals surface area contributed by atoms with Gasteiger partial charge in [-0.05, 0) is 72.7 Å². The van der Waals surface area contributed by atoms with Crippen molar-refractivity contribution in [2.75, 3.05) is 13.2 Å². The molecule has 0 radical (unpaired) electrons. The lowest BCUT2D eigenvalue weighted by molar-refractivity contribution is -0.161. The van der Waals surface area contributed by atoms with Crippen molar-refractivity contribution in [1.82, 2.24) is 4.98 Å². The molecule has 3 aromatic rings. The number of rotatable bonds is 9. The van der Waals surface area contributed by atoms with Gasteiger partial charge >= 0.3 is 0 Å². The van der Waals surface area contributed by atoms with Crippen LogP contribution in [0.15, 0.2) is 54.7 Å². The van der Waals surface area contributed by atoms with Gasteiger partial charge in [-0.15, -0.1) is 0 Å². The highest BCUT2D eigenvalue weighted by Crippen LogP contribution is 2.22. The number of nitrogens with zero attached hydrogens (tertiary/aromatic N) is 1. The van der Waals surface area contributed by atoms with E-state index in [1.807, 2.05) is 6.20 Å². The molecule has 0 aliphatic carbocycles. The monoisotopic (exact) mass is 403 g/mol. The molecule has 0 bridgehead atoms. The zero-order valence-electron chi connectivity index (χ0n) is 18.1. The first-order valence-electron chi connectivity index (χ1n) is 11.5. The molecule has 0 spiro atoms. The molecule has 1 unspecified atom stereocenters. The quantitative estimate of drug-likeness (QED) is 0.423. The van der Waals surface area contributed by atoms with Crippen molar-refractivity contribution < 1.29 is 9.47 Å². The Labute approximate surface area is 180 Å². The molecule has 1 fully saturated rings. The van der Waals surface area contributed by atoms with Gasteiger partial charge in [0.2, 0.25) is 0 Å². The molecule has 0 amide bonds. The minimum absolute atomic E-state index is 0.0169. The van der Waals surface area contributed by atoms with Crippen LogP contribution in [0.25, 0.3) is 10.8 Å². The number of unbranched alkanes of at least 4 members (excludes halogenated alkanes) is 1. The first-order chi connectivity index (χ1) is 14.8. The fraction of sp³-hybridized carbons (Fsp3) is 0.444. The maximum Gasteiger partial charge on any atom is 0.157 e. The largest absolute Gasteiger partial charge is 0.353 e. The predicted molar refractivity (Wildman–Crippen MR) is 123 cm³/mol. The van der Waals surface area contributed by atoms with Crippen molar-refractivity contribution in [2.24, 2.45) is 0 Å². The Kier molecular flexibility index (Phi) is 7.49. The third-order valence-corrected chi connectivity index (χ3v) is 5.96. The van der Waals surface area contributed by atoms with Gasteiger partial charge in [0, 0.05) is 24.6 Å². The standard InChI is InChI=1S/C27H33NO2/c1-2-3-6-21-8-10-22(11-9-21)20-26-25-19-23(12-13-24(25)14-16-28-26)15-18-30-27-7-4-5-17-29-27/h8-14,16,19,27H,2-7,15,17-18,20H2,1H3. The van der Waals surface area contributed by atoms with E-state index in [1.165, 1.54) is 53.1 Å². The van der Waals surface area contributed by atoms with Crippen molar-refractivity contribution >= 4 is 10.8 Å². The molecular formula is C27H33NO2. The lowest BCUT2D eigenvalue weighted by Gasteiger charge is -2.22. The van der Waals surface area contributed by atoms with Crippen LogP contribution in [0.5, 0.6) is 0 Å². The van der Waals surface area contributed by atoms with E-state index in [1.54, 1.807) is 0 Å². The minimum Gasteiger partial charge on any atom is -0.353 e. The van der Waals surface area contributed by atoms with E-state index in [0.29, 0.717) is 6.61 Å². The molecule has 2 heterocycles. The van der Waals surface area contributed by atoms with E-state index < -0.39 is 0 Å². The summed E-state index contributed by atoms with van der Waals surface area (Å²) >= 11 is 0. The average Bonchev–Trinajstić information content (AvgIpc) is 2.80. The van der Waals surface area contributed by atoms with Crippen LogP contribution >= 0.6 is 0 Å². The molecule has 3 nitrogen and oxygen atoms in total. The highest BCUT2D eigenvalue weighted by molar-refractivity contribution is 5.85. The second-order valence-corrected chi connectivity index (χ2v) is 8.33. The minimum atomic E-state index is -0.0169. The third-order valence-electron chi connectivity index (χ3n) is 5.96. The van der Waals surface area contributed by atoms with Gasteiger partial charge in [-0.2, -0.15) is 0 Å². The van der Waals surface area contributed by atoms with Gasteiger partial charge in [0.05, 0.1) is 12.3 Å². The van der Waals surface area contributed by atoms with Crippen molar-refractivity contribution in [1.29, 1.82) is 0 Å². The molecule has 1 aliphatic heterocycles. The lowest BCUT2D eigenvalue weighted by atomic mass is 9.99. The van der Waals surface area contributed by atoms with Crippen molar-refractivity contribution in [2.45, 2.75) is 64.6 Å². The lowest BCUT2D eigenvalue weighted by Crippen LogP contribution is -2.23. The maximum atomic E-state index is 5.93. The van der Waals surface area contributed by atoms with Crippen molar-refractivity contribution in [3.05, 3.63) is 77.1 Å². The Morgan fingerprint density at radius 2 is 1.80 bits per heavy atom. The molecule has 1 saturated heterocycles. The fourth-order valence-electron chi connectivity index (χ4n) is 4.12. The average molecular weight is 404 g/mol. The van der Waals surface area contributed by atoms with E-state index in [0.717, 1.165) is 38.0 Å². The smallest absolute Gasteiger partial charge is 0.157 e. The summed E-state index contributed by atoms with van der Waals surface area (Å²) in [6.45, 7) is 3.77. The van der Waals surface area contributed by atoms with Crippen molar-refractivity contribution in [3.63, 3.8) is 0 Å². The number of pyridine rings is 1. The third kappa shape index (κ3) is 5.68. The van der Waals surface area contributed by atoms with Gasteiger partial charge in [0.1, 0.15) is 0 Å². The predicted octanol–water partition coefficient (Wildman–Crippen LogP) is 6.25. The molecule has 1 aliphatic rings. The topological polar surface area (TPSA) is 31.4 Å². The summed E-state index contributed by atoms with van der Waals surface area (Å²) in [4.78, 5) is 4.72. The normalized spacial score (nSPS) is 16.8. The molecule has 1 aromatic heterocycles. The summed E-state index contributed by atoms with van der Waals surface area (Å²) in [5.74, 6) is 0. The Morgan fingerprint density at radius 1 is 0.967 bits per heavy atom. The Balaban J connectivity index is 1.43. The molecule has 4 rings (SSSR count). The van der Waals surface area contributed by atoms with Crippen molar-refractivity contribution in [3.8, 4) is 0 Å². The van der Waals surface area contributed by atoms with E-state index in [9.17, 15) is 0 Å². The number of aromatic nitrogens is 1. The van der Waals surface area contributed by atoms with Gasteiger partial charge in [-0.3, -0.25) is 4.98 Å². The number of fused-ring (bicyclic) bond motifs is 1. The summed E-state index contributed by atoms with van der Waals surface area (Å²) in [5.41, 5.74) is 5.18. The summed E-state index contributed by atoms with van der Waals surface area (Å²) < 4.78 is 11.6. The zero-order valence-corrected chi connectivity index (χ0v) is 18.1. The van der Waals surface area contributed by atoms with Gasteiger partial charge in [-0.25, -0.2) is 0 Å². The Bertz CT molecular complexity index is 929. The Morgan fingerprint density at radius 3 is 2.60 bits per heavy atom. The van der Waals surface area contributed by atoms with Crippen LogP contribution in [-0.2, 0) is 28.7 Å². The molecule has 3 heteroatoms. The summed E-state index contributed by atoms with van der Waals surface area (Å²) in [6.07, 6.45) is 10.7. The van der Waals surface area contributed by atoms with Crippen LogP contribution in [0, 0.1) is 0 Å². The van der Waals surface area contributed by atoms with Crippen LogP contribution in [0.1, 0.15) is 61.4 Å². The highest BCUT2D eigenvalue weighted by Gasteiger charge is 2.13. The fourth-order valence-corrected chi connectivity index (χ4v) is 4.12. The van der Waals surface area contributed by atoms with Crippen LogP contribution in [-0.4, -0.2) is 24.5 Å². The maximum absolute atomic E-state index is 5.93. The van der Waals surface area contributed by atoms with Crippen LogP contribution < -0.4 is 0 Å². The molecule has 1 atom stereocenters. The second kappa shape index (κ2) is 10.7. The van der Waals surface area contributed by atoms with Gasteiger partial charge in [0.25, 0.3) is 0 Å². The molecule has 158 valence electrons. The van der Waals surface area contributed by atoms with E-state index >= 15 is 0 Å². The summed E-state index contributed by atoms with van der Waals surface area (Å²) in [6, 6.07) is 17.9. The number of benzene rings is 2. The van der Waals surface area contributed by atoms with E-state index in [2.05, 4.69) is 55.5 Å². The highest BCUT2D eigenvalue weighted by atomic mass is 16.7. The molecule has 30 heavy (non-hydrogen) atoms. The zero-order chi connectivity index (χ0) is 20.6. The van der Waals surface area contributed by atoms with Gasteiger partial charge in [0.15, 0.2) is 6.29 Å². The second-order valence-electron chi connectivity index (χ2n) is 8.33. The van der Waals surface area contributed by atoms with Gasteiger partial charge < -0.3 is 9.47 Å². The molecule has 2 aromatic carbocycles. The number of hydrogen-bond acceptors (Lipinski definition) is 3. The number of hydrogen-bond donors (Lipinski definition) is 0. The summed E-state index contributed by atoms with van der Waals surface area (Å²) in [7, 11) is 0. The SMILES string of the molecule is CCCCc1ccc(Cc2nccc3ccc(CCOC4CCCCO4)cc23)cc1. The van der Waals surface area contributed by atoms with E-state index in [4.69, 9.17) is 14.5 Å². The van der Waals surface area contributed by atoms with Crippen LogP contribution in [0.2, 0.25) is 0 Å². The van der Waals surface area contributed by atoms with E-state index in [-0.39, 0.29) is 6.29 Å². The molecule has 0 N–H and O–H groups in total. The first kappa shape index (κ1) is 21.0. The molecule has 0 saturated carbocycles. The first-order valence-corrected chi connectivity index (χ1v) is 11.5.